The molecule has 2 rings (SSSR count). The minimum Gasteiger partial charge on any atom is -0.463 e. The highest BCUT2D eigenvalue weighted by molar-refractivity contribution is 8.04. The fourth-order valence-electron chi connectivity index (χ4n) is 2.05. The van der Waals surface area contributed by atoms with E-state index in [0.717, 1.165) is 11.8 Å². The summed E-state index contributed by atoms with van der Waals surface area (Å²) < 4.78 is 29.4. The quantitative estimate of drug-likeness (QED) is 0.429. The van der Waals surface area contributed by atoms with E-state index >= 15 is 0 Å². The third kappa shape index (κ3) is 6.03. The van der Waals surface area contributed by atoms with Gasteiger partial charge in [-0.15, -0.1) is 0 Å². The highest BCUT2D eigenvalue weighted by atomic mass is 32.2. The number of anilines is 1. The van der Waals surface area contributed by atoms with Gasteiger partial charge in [-0.05, 0) is 31.2 Å². The standard InChI is InChI=1S/C16H16F2N2O4S2/c1-2-24-15(23)7-14-20(13(22)9-25-14)8-12(21)19-10-3-5-11(6-4-10)26-16(17)18/h3-7,16H,2,8-9H2,1H3,(H,19,21)/b14-7-. The summed E-state index contributed by atoms with van der Waals surface area (Å²) in [5.74, 6) is -3.71. The summed E-state index contributed by atoms with van der Waals surface area (Å²) in [5.41, 5.74) is 0.420. The van der Waals surface area contributed by atoms with E-state index in [0.29, 0.717) is 27.4 Å². The molecule has 1 fully saturated rings. The predicted molar refractivity (Wildman–Crippen MR) is 95.8 cm³/mol. The van der Waals surface area contributed by atoms with Crippen LogP contribution in [0.15, 0.2) is 40.3 Å². The molecule has 0 unspecified atom stereocenters. The van der Waals surface area contributed by atoms with E-state index in [1.807, 2.05) is 0 Å². The molecule has 1 aliphatic rings. The number of ether oxygens (including phenoxy) is 1. The Kier molecular flexibility index (Phi) is 7.46. The molecule has 6 nitrogen and oxygen atoms in total. The molecule has 0 aliphatic carbocycles. The molecule has 1 aromatic rings. The minimum absolute atomic E-state index is 0.137. The molecule has 1 saturated heterocycles. The van der Waals surface area contributed by atoms with Crippen molar-refractivity contribution in [3.63, 3.8) is 0 Å². The first-order chi connectivity index (χ1) is 12.4. The van der Waals surface area contributed by atoms with Crippen molar-refractivity contribution in [2.75, 3.05) is 24.2 Å². The number of carbonyl (C=O) groups is 3. The maximum atomic E-state index is 12.3. The number of thioether (sulfide) groups is 2. The van der Waals surface area contributed by atoms with Gasteiger partial charge in [-0.25, -0.2) is 4.79 Å². The van der Waals surface area contributed by atoms with Crippen molar-refractivity contribution >= 4 is 47.0 Å². The normalized spacial score (nSPS) is 15.6. The number of amides is 2. The van der Waals surface area contributed by atoms with Crippen LogP contribution >= 0.6 is 23.5 Å². The number of benzene rings is 1. The highest BCUT2D eigenvalue weighted by Gasteiger charge is 2.29. The topological polar surface area (TPSA) is 75.7 Å². The molecule has 1 heterocycles. The zero-order valence-electron chi connectivity index (χ0n) is 13.7. The lowest BCUT2D eigenvalue weighted by Gasteiger charge is -2.16. The summed E-state index contributed by atoms with van der Waals surface area (Å²) in [6.45, 7) is 1.62. The number of esters is 1. The molecule has 1 aliphatic heterocycles. The SMILES string of the molecule is CCOC(=O)/C=C1\SCC(=O)N1CC(=O)Nc1ccc(SC(F)F)cc1. The van der Waals surface area contributed by atoms with E-state index in [-0.39, 0.29) is 24.8 Å². The first-order valence-electron chi connectivity index (χ1n) is 7.55. The van der Waals surface area contributed by atoms with Crippen molar-refractivity contribution in [2.24, 2.45) is 0 Å². The monoisotopic (exact) mass is 402 g/mol. The van der Waals surface area contributed by atoms with Crippen LogP contribution in [0.1, 0.15) is 6.92 Å². The number of nitrogens with zero attached hydrogens (tertiary/aromatic N) is 1. The largest absolute Gasteiger partial charge is 0.463 e. The lowest BCUT2D eigenvalue weighted by Crippen LogP contribution is -2.34. The van der Waals surface area contributed by atoms with Crippen LogP contribution < -0.4 is 5.32 Å². The Morgan fingerprint density at radius 1 is 1.38 bits per heavy atom. The lowest BCUT2D eigenvalue weighted by atomic mass is 10.3. The predicted octanol–water partition coefficient (Wildman–Crippen LogP) is 2.92. The highest BCUT2D eigenvalue weighted by Crippen LogP contribution is 2.29. The molecule has 140 valence electrons. The van der Waals surface area contributed by atoms with Crippen LogP contribution in [0.3, 0.4) is 0 Å². The Hall–Kier alpha value is -2.07. The van der Waals surface area contributed by atoms with E-state index in [2.05, 4.69) is 5.32 Å². The molecule has 1 aromatic carbocycles. The average molecular weight is 402 g/mol. The second-order valence-electron chi connectivity index (χ2n) is 4.95. The van der Waals surface area contributed by atoms with Gasteiger partial charge >= 0.3 is 5.97 Å². The van der Waals surface area contributed by atoms with Crippen LogP contribution in [0, 0.1) is 0 Å². The van der Waals surface area contributed by atoms with Crippen LogP contribution in [0.25, 0.3) is 0 Å². The summed E-state index contributed by atoms with van der Waals surface area (Å²) >= 11 is 1.56. The van der Waals surface area contributed by atoms with Gasteiger partial charge in [0.05, 0.1) is 23.5 Å². The number of halogens is 2. The zero-order chi connectivity index (χ0) is 19.1. The zero-order valence-corrected chi connectivity index (χ0v) is 15.4. The second kappa shape index (κ2) is 9.58. The van der Waals surface area contributed by atoms with Gasteiger partial charge in [0, 0.05) is 10.6 Å². The number of carbonyl (C=O) groups excluding carboxylic acids is 3. The van der Waals surface area contributed by atoms with Crippen LogP contribution in [0.4, 0.5) is 14.5 Å². The van der Waals surface area contributed by atoms with E-state index in [1.165, 1.54) is 35.2 Å². The number of hydrogen-bond donors (Lipinski definition) is 1. The molecule has 26 heavy (non-hydrogen) atoms. The molecule has 0 saturated carbocycles. The Morgan fingerprint density at radius 2 is 2.08 bits per heavy atom. The maximum absolute atomic E-state index is 12.3. The van der Waals surface area contributed by atoms with Crippen molar-refractivity contribution < 1.29 is 27.9 Å². The third-order valence-electron chi connectivity index (χ3n) is 3.10. The molecule has 2 amide bonds. The summed E-state index contributed by atoms with van der Waals surface area (Å²) in [5, 5.41) is 2.94. The van der Waals surface area contributed by atoms with Crippen molar-refractivity contribution in [3.05, 3.63) is 35.4 Å². The van der Waals surface area contributed by atoms with Gasteiger partial charge in [0.25, 0.3) is 5.76 Å². The van der Waals surface area contributed by atoms with E-state index in [9.17, 15) is 23.2 Å². The first-order valence-corrected chi connectivity index (χ1v) is 9.42. The lowest BCUT2D eigenvalue weighted by molar-refractivity contribution is -0.137. The summed E-state index contributed by atoms with van der Waals surface area (Å²) in [6.07, 6.45) is 1.18. The molecule has 0 aromatic heterocycles. The molecule has 10 heteroatoms. The van der Waals surface area contributed by atoms with Gasteiger partial charge in [0.2, 0.25) is 11.8 Å². The summed E-state index contributed by atoms with van der Waals surface area (Å²) in [6, 6.07) is 5.93. The van der Waals surface area contributed by atoms with E-state index < -0.39 is 17.6 Å². The van der Waals surface area contributed by atoms with Gasteiger partial charge in [0.15, 0.2) is 0 Å². The van der Waals surface area contributed by atoms with E-state index in [1.54, 1.807) is 6.92 Å². The van der Waals surface area contributed by atoms with Crippen LogP contribution in [-0.2, 0) is 19.1 Å². The molecule has 0 atom stereocenters. The minimum atomic E-state index is -2.52. The fraction of sp³-hybridized carbons (Fsp3) is 0.312. The smallest absolute Gasteiger partial charge is 0.333 e. The summed E-state index contributed by atoms with van der Waals surface area (Å²) in [7, 11) is 0. The summed E-state index contributed by atoms with van der Waals surface area (Å²) in [4.78, 5) is 37.2. The van der Waals surface area contributed by atoms with Gasteiger partial charge in [0.1, 0.15) is 6.54 Å². The number of rotatable bonds is 7. The van der Waals surface area contributed by atoms with Gasteiger partial charge in [-0.1, -0.05) is 23.5 Å². The fourth-order valence-corrected chi connectivity index (χ4v) is 3.48. The van der Waals surface area contributed by atoms with E-state index in [4.69, 9.17) is 4.74 Å². The molecule has 1 N–H and O–H groups in total. The van der Waals surface area contributed by atoms with Crippen LogP contribution in [0.2, 0.25) is 0 Å². The molecular formula is C16H16F2N2O4S2. The molecule has 0 spiro atoms. The van der Waals surface area contributed by atoms with Crippen molar-refractivity contribution in [1.29, 1.82) is 0 Å². The maximum Gasteiger partial charge on any atom is 0.333 e. The van der Waals surface area contributed by atoms with Crippen LogP contribution in [-0.4, -0.2) is 47.3 Å². The van der Waals surface area contributed by atoms with Gasteiger partial charge in [-0.3, -0.25) is 14.5 Å². The van der Waals surface area contributed by atoms with Gasteiger partial charge in [-0.2, -0.15) is 8.78 Å². The van der Waals surface area contributed by atoms with Crippen molar-refractivity contribution in [3.8, 4) is 0 Å². The molecule has 0 radical (unpaired) electrons. The Morgan fingerprint density at radius 3 is 2.69 bits per heavy atom. The number of nitrogens with one attached hydrogen (secondary N) is 1. The van der Waals surface area contributed by atoms with Gasteiger partial charge < -0.3 is 10.1 Å². The first kappa shape index (κ1) is 20.2. The second-order valence-corrected chi connectivity index (χ2v) is 7.01. The Labute approximate surface area is 157 Å². The Bertz CT molecular complexity index is 711. The molecular weight excluding hydrogens is 386 g/mol. The Balaban J connectivity index is 1.97. The third-order valence-corrected chi connectivity index (χ3v) is 4.85. The van der Waals surface area contributed by atoms with Crippen LogP contribution in [0.5, 0.6) is 0 Å². The van der Waals surface area contributed by atoms with Crippen molar-refractivity contribution in [2.45, 2.75) is 17.6 Å². The van der Waals surface area contributed by atoms with Crippen molar-refractivity contribution in [1.82, 2.24) is 4.90 Å². The molecule has 0 bridgehead atoms. The number of alkyl halides is 2. The number of hydrogen-bond acceptors (Lipinski definition) is 6. The average Bonchev–Trinajstić information content (AvgIpc) is 2.89.